The molecule has 0 saturated carbocycles. The van der Waals surface area contributed by atoms with E-state index in [1.807, 2.05) is 0 Å². The van der Waals surface area contributed by atoms with Crippen LogP contribution < -0.4 is 0 Å². The van der Waals surface area contributed by atoms with Gasteiger partial charge in [0.25, 0.3) is 0 Å². The lowest BCUT2D eigenvalue weighted by Gasteiger charge is -1.92. The summed E-state index contributed by atoms with van der Waals surface area (Å²) in [4.78, 5) is -0.210. The van der Waals surface area contributed by atoms with E-state index in [-0.39, 0.29) is 11.5 Å². The Kier molecular flexibility index (Phi) is 3.90. The fourth-order valence-corrected chi connectivity index (χ4v) is 3.48. The second kappa shape index (κ2) is 4.79. The summed E-state index contributed by atoms with van der Waals surface area (Å²) in [5, 5.41) is 0. The third kappa shape index (κ3) is 2.81. The van der Waals surface area contributed by atoms with E-state index in [9.17, 15) is 17.4 Å². The molecule has 0 aliphatic rings. The van der Waals surface area contributed by atoms with Crippen LogP contribution in [-0.4, -0.2) is 15.0 Å². The Hall–Kier alpha value is -0.840. The normalized spacial score (nSPS) is 12.5. The molecule has 0 fully saturated rings. The first-order chi connectivity index (χ1) is 6.98. The molecule has 0 amide bonds. The van der Waals surface area contributed by atoms with Crippen molar-refractivity contribution in [3.8, 4) is 0 Å². The molecule has 15 heavy (non-hydrogen) atoms. The minimum Gasteiger partial charge on any atom is -0.207 e. The summed E-state index contributed by atoms with van der Waals surface area (Å²) in [5.74, 6) is -0.555. The van der Waals surface area contributed by atoms with E-state index in [0.717, 1.165) is 24.3 Å². The SMILES string of the molecule is CCO[P+](=O)S(=O)(=O)c1ccc(F)cc1. The molecule has 82 valence electrons. The quantitative estimate of drug-likeness (QED) is 0.770. The van der Waals surface area contributed by atoms with Crippen LogP contribution in [0.5, 0.6) is 0 Å². The Bertz CT molecular complexity index is 454. The summed E-state index contributed by atoms with van der Waals surface area (Å²) < 4.78 is 51.2. The highest BCUT2D eigenvalue weighted by atomic mass is 32.8. The predicted octanol–water partition coefficient (Wildman–Crippen LogP) is 2.29. The van der Waals surface area contributed by atoms with Crippen molar-refractivity contribution in [3.63, 3.8) is 0 Å². The van der Waals surface area contributed by atoms with Crippen LogP contribution in [0, 0.1) is 5.82 Å². The maximum absolute atomic E-state index is 12.5. The molecule has 0 N–H and O–H groups in total. The number of rotatable bonds is 4. The van der Waals surface area contributed by atoms with Crippen LogP contribution in [0.25, 0.3) is 0 Å². The summed E-state index contributed by atoms with van der Waals surface area (Å²) in [6.45, 7) is 1.57. The Morgan fingerprint density at radius 3 is 2.33 bits per heavy atom. The van der Waals surface area contributed by atoms with E-state index < -0.39 is 22.5 Å². The molecule has 0 aromatic heterocycles. The van der Waals surface area contributed by atoms with E-state index in [0.29, 0.717) is 0 Å². The summed E-state index contributed by atoms with van der Waals surface area (Å²) in [6.07, 6.45) is 0. The van der Waals surface area contributed by atoms with Crippen molar-refractivity contribution >= 4 is 16.7 Å². The molecule has 0 spiro atoms. The average Bonchev–Trinajstić information content (AvgIpc) is 2.18. The van der Waals surface area contributed by atoms with Gasteiger partial charge in [-0.25, -0.2) is 4.39 Å². The van der Waals surface area contributed by atoms with Crippen LogP contribution in [0.3, 0.4) is 0 Å². The lowest BCUT2D eigenvalue weighted by molar-refractivity contribution is 0.359. The van der Waals surface area contributed by atoms with Gasteiger partial charge in [0, 0.05) is 0 Å². The van der Waals surface area contributed by atoms with E-state index in [4.69, 9.17) is 0 Å². The summed E-state index contributed by atoms with van der Waals surface area (Å²) >= 11 is 0. The van der Waals surface area contributed by atoms with Gasteiger partial charge in [0.05, 0.1) is 0 Å². The van der Waals surface area contributed by atoms with Crippen molar-refractivity contribution in [2.75, 3.05) is 6.61 Å². The standard InChI is InChI=1S/C8H9FO4PS/c1-2-13-14(10)15(11,12)8-5-3-7(9)4-6-8/h3-6H,2H2,1H3/q+1. The zero-order chi connectivity index (χ0) is 11.5. The summed E-state index contributed by atoms with van der Waals surface area (Å²) in [5.41, 5.74) is 0. The summed E-state index contributed by atoms with van der Waals surface area (Å²) in [7, 11) is -6.81. The molecule has 7 heteroatoms. The molecule has 1 aromatic carbocycles. The van der Waals surface area contributed by atoms with Gasteiger partial charge in [-0.2, -0.15) is 8.42 Å². The minimum absolute atomic E-state index is 0.0373. The largest absolute Gasteiger partial charge is 0.645 e. The average molecular weight is 251 g/mol. The highest BCUT2D eigenvalue weighted by Gasteiger charge is 2.39. The maximum Gasteiger partial charge on any atom is 0.645 e. The molecule has 1 rings (SSSR count). The van der Waals surface area contributed by atoms with Gasteiger partial charge in [0.15, 0.2) is 0 Å². The number of benzene rings is 1. The van der Waals surface area contributed by atoms with Crippen LogP contribution in [-0.2, 0) is 18.5 Å². The third-order valence-electron chi connectivity index (χ3n) is 1.54. The third-order valence-corrected chi connectivity index (χ3v) is 5.40. The van der Waals surface area contributed by atoms with Crippen molar-refractivity contribution in [1.82, 2.24) is 0 Å². The Balaban J connectivity index is 3.06. The molecule has 0 aliphatic carbocycles. The monoisotopic (exact) mass is 251 g/mol. The number of hydrogen-bond acceptors (Lipinski definition) is 4. The second-order valence-electron chi connectivity index (χ2n) is 2.57. The molecular weight excluding hydrogens is 242 g/mol. The predicted molar refractivity (Wildman–Crippen MR) is 52.8 cm³/mol. The van der Waals surface area contributed by atoms with Crippen LogP contribution in [0.15, 0.2) is 29.2 Å². The smallest absolute Gasteiger partial charge is 0.207 e. The highest BCUT2D eigenvalue weighted by molar-refractivity contribution is 8.44. The zero-order valence-corrected chi connectivity index (χ0v) is 9.59. The van der Waals surface area contributed by atoms with Gasteiger partial charge in [-0.15, -0.1) is 4.52 Å². The van der Waals surface area contributed by atoms with Crippen molar-refractivity contribution in [1.29, 1.82) is 0 Å². The van der Waals surface area contributed by atoms with E-state index in [1.165, 1.54) is 6.92 Å². The van der Waals surface area contributed by atoms with Crippen LogP contribution in [0.1, 0.15) is 6.92 Å². The van der Waals surface area contributed by atoms with Crippen molar-refractivity contribution < 1.29 is 21.9 Å². The minimum atomic E-state index is -4.00. The number of hydrogen-bond donors (Lipinski definition) is 0. The van der Waals surface area contributed by atoms with Crippen LogP contribution >= 0.6 is 7.23 Å². The molecule has 1 aromatic rings. The highest BCUT2D eigenvalue weighted by Crippen LogP contribution is 2.36. The molecule has 0 bridgehead atoms. The van der Waals surface area contributed by atoms with Crippen LogP contribution in [0.4, 0.5) is 4.39 Å². The second-order valence-corrected chi connectivity index (χ2v) is 7.03. The van der Waals surface area contributed by atoms with Gasteiger partial charge in [-0.3, -0.25) is 0 Å². The lowest BCUT2D eigenvalue weighted by Crippen LogP contribution is -1.97. The van der Waals surface area contributed by atoms with Crippen molar-refractivity contribution in [2.24, 2.45) is 0 Å². The van der Waals surface area contributed by atoms with E-state index in [1.54, 1.807) is 0 Å². The lowest BCUT2D eigenvalue weighted by atomic mass is 10.4. The molecule has 0 radical (unpaired) electrons. The molecule has 0 saturated heterocycles. The molecule has 1 unspecified atom stereocenters. The van der Waals surface area contributed by atoms with Gasteiger partial charge in [0.1, 0.15) is 17.3 Å². The molecule has 1 atom stereocenters. The Morgan fingerprint density at radius 1 is 1.33 bits per heavy atom. The summed E-state index contributed by atoms with van der Waals surface area (Å²) in [6, 6.07) is 4.08. The first kappa shape index (κ1) is 12.2. The Labute approximate surface area is 87.6 Å². The maximum atomic E-state index is 12.5. The first-order valence-electron chi connectivity index (χ1n) is 4.09. The van der Waals surface area contributed by atoms with Gasteiger partial charge < -0.3 is 0 Å². The van der Waals surface area contributed by atoms with Gasteiger partial charge in [-0.05, 0) is 35.8 Å². The van der Waals surface area contributed by atoms with Crippen molar-refractivity contribution in [2.45, 2.75) is 11.8 Å². The molecule has 0 aliphatic heterocycles. The van der Waals surface area contributed by atoms with E-state index >= 15 is 0 Å². The van der Waals surface area contributed by atoms with Crippen molar-refractivity contribution in [3.05, 3.63) is 30.1 Å². The van der Waals surface area contributed by atoms with Gasteiger partial charge >= 0.3 is 16.7 Å². The molecular formula is C8H9FO4PS+. The molecule has 0 heterocycles. The molecule has 4 nitrogen and oxygen atoms in total. The van der Waals surface area contributed by atoms with Gasteiger partial charge in [-0.1, -0.05) is 0 Å². The zero-order valence-electron chi connectivity index (χ0n) is 7.88. The topological polar surface area (TPSA) is 60.4 Å². The number of halogens is 1. The Morgan fingerprint density at radius 2 is 1.87 bits per heavy atom. The van der Waals surface area contributed by atoms with Gasteiger partial charge in [0.2, 0.25) is 0 Å². The first-order valence-corrected chi connectivity index (χ1v) is 7.36. The van der Waals surface area contributed by atoms with Crippen LogP contribution in [0.2, 0.25) is 0 Å². The fourth-order valence-electron chi connectivity index (χ4n) is 0.867. The fraction of sp³-hybridized carbons (Fsp3) is 0.250. The van der Waals surface area contributed by atoms with E-state index in [2.05, 4.69) is 4.52 Å².